The van der Waals surface area contributed by atoms with Crippen molar-refractivity contribution in [2.24, 2.45) is 5.73 Å². The first-order valence-corrected chi connectivity index (χ1v) is 11.2. The van der Waals surface area contributed by atoms with Crippen molar-refractivity contribution in [1.82, 2.24) is 20.4 Å². The van der Waals surface area contributed by atoms with Crippen molar-refractivity contribution >= 4 is 48.2 Å². The minimum atomic E-state index is -1.35. The lowest BCUT2D eigenvalue weighted by Crippen LogP contribution is -2.57. The van der Waals surface area contributed by atoms with Crippen molar-refractivity contribution in [1.29, 1.82) is 0 Å². The predicted octanol–water partition coefficient (Wildman–Crippen LogP) is -2.61. The highest BCUT2D eigenvalue weighted by molar-refractivity contribution is 7.80. The molecule has 2 aliphatic rings. The van der Waals surface area contributed by atoms with E-state index < -0.39 is 72.7 Å². The molecule has 4 amide bonds. The van der Waals surface area contributed by atoms with Crippen molar-refractivity contribution in [3.8, 4) is 0 Å². The molecule has 33 heavy (non-hydrogen) atoms. The summed E-state index contributed by atoms with van der Waals surface area (Å²) in [7, 11) is 0. The SMILES string of the molecule is N[C@@H](CC(=O)O)C(=O)N[C@@H](CS)C(=O)N1CCC[C@H]1C(=O)NCC(=O)N1CCC[C@H]1C(=O)O. The molecule has 4 atom stereocenters. The molecule has 0 spiro atoms. The van der Waals surface area contributed by atoms with Gasteiger partial charge in [0.2, 0.25) is 23.6 Å². The fourth-order valence-electron chi connectivity index (χ4n) is 3.95. The highest BCUT2D eigenvalue weighted by atomic mass is 32.1. The van der Waals surface area contributed by atoms with Gasteiger partial charge in [0.1, 0.15) is 18.1 Å². The fraction of sp³-hybridized carbons (Fsp3) is 0.684. The summed E-state index contributed by atoms with van der Waals surface area (Å²) in [6.07, 6.45) is 1.18. The second-order valence-corrected chi connectivity index (χ2v) is 8.30. The number of rotatable bonds is 10. The van der Waals surface area contributed by atoms with E-state index in [0.717, 1.165) is 0 Å². The number of hydrogen-bond donors (Lipinski definition) is 6. The van der Waals surface area contributed by atoms with Crippen molar-refractivity contribution in [2.75, 3.05) is 25.4 Å². The Balaban J connectivity index is 1.95. The van der Waals surface area contributed by atoms with Crippen LogP contribution in [-0.2, 0) is 28.8 Å². The molecular weight excluding hydrogens is 458 g/mol. The molecule has 13 nitrogen and oxygen atoms in total. The number of carboxylic acids is 2. The number of carbonyl (C=O) groups is 6. The van der Waals surface area contributed by atoms with Gasteiger partial charge in [0.25, 0.3) is 0 Å². The Kier molecular flexibility index (Phi) is 9.46. The van der Waals surface area contributed by atoms with Gasteiger partial charge in [-0.3, -0.25) is 24.0 Å². The first-order chi connectivity index (χ1) is 15.6. The van der Waals surface area contributed by atoms with E-state index in [2.05, 4.69) is 23.3 Å². The zero-order valence-corrected chi connectivity index (χ0v) is 18.8. The minimum Gasteiger partial charge on any atom is -0.481 e. The summed E-state index contributed by atoms with van der Waals surface area (Å²) in [6, 6.07) is -4.24. The summed E-state index contributed by atoms with van der Waals surface area (Å²) < 4.78 is 0. The van der Waals surface area contributed by atoms with Crippen molar-refractivity contribution in [2.45, 2.75) is 56.3 Å². The molecule has 184 valence electrons. The Hall–Kier alpha value is -2.87. The number of carbonyl (C=O) groups excluding carboxylic acids is 4. The van der Waals surface area contributed by atoms with E-state index in [-0.39, 0.29) is 12.3 Å². The maximum atomic E-state index is 12.9. The topological polar surface area (TPSA) is 199 Å². The van der Waals surface area contributed by atoms with E-state index in [4.69, 9.17) is 10.8 Å². The van der Waals surface area contributed by atoms with Gasteiger partial charge in [0.15, 0.2) is 0 Å². The maximum Gasteiger partial charge on any atom is 0.326 e. The van der Waals surface area contributed by atoms with E-state index in [1.165, 1.54) is 9.80 Å². The highest BCUT2D eigenvalue weighted by Crippen LogP contribution is 2.20. The molecule has 0 aromatic heterocycles. The predicted molar refractivity (Wildman–Crippen MR) is 116 cm³/mol. The number of nitrogens with one attached hydrogen (secondary N) is 2. The van der Waals surface area contributed by atoms with Crippen LogP contribution < -0.4 is 16.4 Å². The van der Waals surface area contributed by atoms with E-state index in [0.29, 0.717) is 32.2 Å². The molecule has 0 aromatic carbocycles. The van der Waals surface area contributed by atoms with Crippen LogP contribution in [0.1, 0.15) is 32.1 Å². The van der Waals surface area contributed by atoms with Gasteiger partial charge in [0, 0.05) is 18.8 Å². The number of thiol groups is 1. The average Bonchev–Trinajstić information content (AvgIpc) is 3.44. The molecule has 2 fully saturated rings. The number of hydrogen-bond acceptors (Lipinski definition) is 8. The quantitative estimate of drug-likeness (QED) is 0.179. The van der Waals surface area contributed by atoms with Crippen molar-refractivity contribution in [3.63, 3.8) is 0 Å². The standard InChI is InChI=1S/C19H29N5O8S/c20-10(7-15(26)27)16(28)22-11(9-33)18(30)24-6-1-3-12(24)17(29)21-8-14(25)23-5-2-4-13(23)19(31)32/h10-13,33H,1-9,20H2,(H,21,29)(H,22,28)(H,26,27)(H,31,32)/t10-,11-,12-,13-/m0/s1. The molecule has 0 aromatic rings. The summed E-state index contributed by atoms with van der Waals surface area (Å²) >= 11 is 4.07. The summed E-state index contributed by atoms with van der Waals surface area (Å²) in [6.45, 7) is 0.157. The zero-order chi connectivity index (χ0) is 24.7. The van der Waals surface area contributed by atoms with Gasteiger partial charge in [-0.1, -0.05) is 0 Å². The molecule has 2 saturated heterocycles. The van der Waals surface area contributed by atoms with E-state index in [9.17, 15) is 33.9 Å². The van der Waals surface area contributed by atoms with Gasteiger partial charge in [0.05, 0.1) is 19.0 Å². The van der Waals surface area contributed by atoms with E-state index in [1.54, 1.807) is 0 Å². The third-order valence-electron chi connectivity index (χ3n) is 5.64. The van der Waals surface area contributed by atoms with E-state index in [1.807, 2.05) is 0 Å². The molecular formula is C19H29N5O8S. The molecule has 0 radical (unpaired) electrons. The molecule has 0 aliphatic carbocycles. The second-order valence-electron chi connectivity index (χ2n) is 7.94. The molecule has 2 rings (SSSR count). The van der Waals surface area contributed by atoms with Crippen LogP contribution in [0.3, 0.4) is 0 Å². The number of nitrogens with zero attached hydrogens (tertiary/aromatic N) is 2. The normalized spacial score (nSPS) is 21.9. The Morgan fingerprint density at radius 3 is 2.18 bits per heavy atom. The number of carboxylic acid groups (broad SMARTS) is 2. The number of likely N-dealkylation sites (tertiary alicyclic amines) is 2. The summed E-state index contributed by atoms with van der Waals surface area (Å²) in [4.78, 5) is 74.5. The van der Waals surface area contributed by atoms with Crippen LogP contribution in [0, 0.1) is 0 Å². The lowest BCUT2D eigenvalue weighted by atomic mass is 10.1. The molecule has 0 bridgehead atoms. The number of amides is 4. The Morgan fingerprint density at radius 2 is 1.61 bits per heavy atom. The van der Waals surface area contributed by atoms with Crippen LogP contribution >= 0.6 is 12.6 Å². The van der Waals surface area contributed by atoms with E-state index >= 15 is 0 Å². The van der Waals surface area contributed by atoms with Gasteiger partial charge < -0.3 is 36.4 Å². The Morgan fingerprint density at radius 1 is 1.00 bits per heavy atom. The molecule has 0 saturated carbocycles. The van der Waals surface area contributed by atoms with Gasteiger partial charge in [-0.25, -0.2) is 4.79 Å². The molecule has 0 unspecified atom stereocenters. The molecule has 14 heteroatoms. The van der Waals surface area contributed by atoms with Crippen LogP contribution in [0.2, 0.25) is 0 Å². The third kappa shape index (κ3) is 6.81. The molecule has 2 heterocycles. The second kappa shape index (κ2) is 11.8. The Bertz CT molecular complexity index is 809. The van der Waals surface area contributed by atoms with Crippen molar-refractivity contribution in [3.05, 3.63) is 0 Å². The van der Waals surface area contributed by atoms with Crippen LogP contribution in [0.5, 0.6) is 0 Å². The highest BCUT2D eigenvalue weighted by Gasteiger charge is 2.39. The first kappa shape index (κ1) is 26.4. The maximum absolute atomic E-state index is 12.9. The largest absolute Gasteiger partial charge is 0.481 e. The lowest BCUT2D eigenvalue weighted by Gasteiger charge is -2.29. The smallest absolute Gasteiger partial charge is 0.326 e. The van der Waals surface area contributed by atoms with Gasteiger partial charge in [-0.2, -0.15) is 12.6 Å². The van der Waals surface area contributed by atoms with Gasteiger partial charge >= 0.3 is 11.9 Å². The minimum absolute atomic E-state index is 0.0980. The summed E-state index contributed by atoms with van der Waals surface area (Å²) in [5, 5.41) is 22.8. The Labute approximate surface area is 195 Å². The van der Waals surface area contributed by atoms with Gasteiger partial charge in [-0.15, -0.1) is 0 Å². The summed E-state index contributed by atoms with van der Waals surface area (Å²) in [5.74, 6) is -4.93. The van der Waals surface area contributed by atoms with Crippen LogP contribution in [-0.4, -0.2) is 105 Å². The lowest BCUT2D eigenvalue weighted by molar-refractivity contribution is -0.148. The average molecular weight is 488 g/mol. The van der Waals surface area contributed by atoms with Gasteiger partial charge in [-0.05, 0) is 25.7 Å². The van der Waals surface area contributed by atoms with Crippen LogP contribution in [0.15, 0.2) is 0 Å². The number of aliphatic carboxylic acids is 2. The first-order valence-electron chi connectivity index (χ1n) is 10.6. The van der Waals surface area contributed by atoms with Crippen LogP contribution in [0.25, 0.3) is 0 Å². The monoisotopic (exact) mass is 487 g/mol. The number of nitrogens with two attached hydrogens (primary N) is 1. The molecule has 2 aliphatic heterocycles. The summed E-state index contributed by atoms with van der Waals surface area (Å²) in [5.41, 5.74) is 5.52. The fourth-order valence-corrected chi connectivity index (χ4v) is 4.20. The molecule has 6 N–H and O–H groups in total. The zero-order valence-electron chi connectivity index (χ0n) is 17.9. The van der Waals surface area contributed by atoms with Crippen LogP contribution in [0.4, 0.5) is 0 Å². The van der Waals surface area contributed by atoms with Crippen molar-refractivity contribution < 1.29 is 39.0 Å². The third-order valence-corrected chi connectivity index (χ3v) is 6.00.